The second-order valence-corrected chi connectivity index (χ2v) is 6.87. The Kier molecular flexibility index (Phi) is 4.97. The van der Waals surface area contributed by atoms with Gasteiger partial charge >= 0.3 is 0 Å². The maximum Gasteiger partial charge on any atom is 0.261 e. The zero-order valence-electron chi connectivity index (χ0n) is 13.8. The highest BCUT2D eigenvalue weighted by Gasteiger charge is 2.19. The van der Waals surface area contributed by atoms with Crippen LogP contribution in [0.15, 0.2) is 36.4 Å². The van der Waals surface area contributed by atoms with Crippen molar-refractivity contribution in [3.63, 3.8) is 0 Å². The third kappa shape index (κ3) is 3.34. The van der Waals surface area contributed by atoms with E-state index < -0.39 is 0 Å². The number of carbonyl (C=O) groups excluding carboxylic acids is 1. The SMILES string of the molecule is Cc1nn(C)c2sc(C(=O)NC(CCCO)c3ccccc3)cc12. The first-order valence-corrected chi connectivity index (χ1v) is 8.81. The van der Waals surface area contributed by atoms with Crippen LogP contribution in [0.4, 0.5) is 0 Å². The average Bonchev–Trinajstić information content (AvgIpc) is 3.14. The Morgan fingerprint density at radius 1 is 1.38 bits per heavy atom. The molecule has 2 N–H and O–H groups in total. The monoisotopic (exact) mass is 343 g/mol. The first-order valence-electron chi connectivity index (χ1n) is 8.00. The molecule has 5 nitrogen and oxygen atoms in total. The van der Waals surface area contributed by atoms with Gasteiger partial charge in [0.05, 0.1) is 16.6 Å². The highest BCUT2D eigenvalue weighted by atomic mass is 32.1. The minimum Gasteiger partial charge on any atom is -0.396 e. The van der Waals surface area contributed by atoms with Gasteiger partial charge in [-0.25, -0.2) is 0 Å². The molecule has 0 aliphatic carbocycles. The Hall–Kier alpha value is -2.18. The van der Waals surface area contributed by atoms with Gasteiger partial charge in [0.2, 0.25) is 0 Å². The molecule has 1 aromatic carbocycles. The summed E-state index contributed by atoms with van der Waals surface area (Å²) in [4.78, 5) is 14.4. The molecule has 0 aliphatic heterocycles. The Morgan fingerprint density at radius 2 is 2.12 bits per heavy atom. The molecular weight excluding hydrogens is 322 g/mol. The molecule has 2 heterocycles. The average molecular weight is 343 g/mol. The summed E-state index contributed by atoms with van der Waals surface area (Å²) < 4.78 is 1.81. The van der Waals surface area contributed by atoms with E-state index in [9.17, 15) is 4.79 Å². The largest absolute Gasteiger partial charge is 0.396 e. The molecule has 3 aromatic rings. The normalized spacial score (nSPS) is 12.5. The van der Waals surface area contributed by atoms with Crippen LogP contribution in [-0.2, 0) is 7.05 Å². The van der Waals surface area contributed by atoms with Crippen LogP contribution in [0.25, 0.3) is 10.2 Å². The Balaban J connectivity index is 1.82. The van der Waals surface area contributed by atoms with Gasteiger partial charge in [-0.15, -0.1) is 11.3 Å². The number of aryl methyl sites for hydroxylation is 2. The molecule has 126 valence electrons. The number of hydrogen-bond acceptors (Lipinski definition) is 4. The number of rotatable bonds is 6. The molecule has 0 saturated heterocycles. The summed E-state index contributed by atoms with van der Waals surface area (Å²) in [5.41, 5.74) is 1.99. The molecule has 0 aliphatic rings. The number of nitrogens with zero attached hydrogens (tertiary/aromatic N) is 2. The summed E-state index contributed by atoms with van der Waals surface area (Å²) in [6.07, 6.45) is 1.35. The van der Waals surface area contributed by atoms with E-state index in [0.717, 1.165) is 21.5 Å². The fourth-order valence-corrected chi connectivity index (χ4v) is 3.88. The van der Waals surface area contributed by atoms with Crippen molar-refractivity contribution >= 4 is 27.5 Å². The van der Waals surface area contributed by atoms with E-state index in [0.29, 0.717) is 17.7 Å². The Bertz CT molecular complexity index is 804. The van der Waals surface area contributed by atoms with Crippen LogP contribution < -0.4 is 5.32 Å². The number of hydrogen-bond donors (Lipinski definition) is 2. The first-order chi connectivity index (χ1) is 11.6. The molecule has 0 bridgehead atoms. The van der Waals surface area contributed by atoms with Gasteiger partial charge in [-0.1, -0.05) is 30.3 Å². The summed E-state index contributed by atoms with van der Waals surface area (Å²) in [6.45, 7) is 2.07. The summed E-state index contributed by atoms with van der Waals surface area (Å²) in [5, 5.41) is 17.6. The molecule has 1 atom stereocenters. The number of benzene rings is 1. The van der Waals surface area contributed by atoms with E-state index in [-0.39, 0.29) is 18.6 Å². The summed E-state index contributed by atoms with van der Waals surface area (Å²) >= 11 is 1.45. The van der Waals surface area contributed by atoms with Gasteiger partial charge < -0.3 is 10.4 Å². The maximum atomic E-state index is 12.7. The summed E-state index contributed by atoms with van der Waals surface area (Å²) in [6, 6.07) is 11.7. The number of aromatic nitrogens is 2. The van der Waals surface area contributed by atoms with Crippen LogP contribution >= 0.6 is 11.3 Å². The molecular formula is C18H21N3O2S. The van der Waals surface area contributed by atoms with Crippen molar-refractivity contribution in [3.8, 4) is 0 Å². The third-order valence-corrected chi connectivity index (χ3v) is 5.28. The van der Waals surface area contributed by atoms with Crippen molar-refractivity contribution in [1.82, 2.24) is 15.1 Å². The van der Waals surface area contributed by atoms with Crippen molar-refractivity contribution in [2.24, 2.45) is 7.05 Å². The molecule has 1 unspecified atom stereocenters. The molecule has 0 fully saturated rings. The maximum absolute atomic E-state index is 12.7. The Labute approximate surface area is 144 Å². The fourth-order valence-electron chi connectivity index (χ4n) is 2.85. The van der Waals surface area contributed by atoms with E-state index in [1.165, 1.54) is 11.3 Å². The van der Waals surface area contributed by atoms with E-state index in [1.54, 1.807) is 0 Å². The molecule has 6 heteroatoms. The van der Waals surface area contributed by atoms with Gasteiger partial charge in [0.15, 0.2) is 0 Å². The predicted octanol–water partition coefficient (Wildman–Crippen LogP) is 3.19. The standard InChI is InChI=1S/C18H21N3O2S/c1-12-14-11-16(24-18(14)21(2)20-12)17(23)19-15(9-6-10-22)13-7-4-3-5-8-13/h3-5,7-8,11,15,22H,6,9-10H2,1-2H3,(H,19,23). The highest BCUT2D eigenvalue weighted by Crippen LogP contribution is 2.28. The van der Waals surface area contributed by atoms with Crippen LogP contribution in [0.1, 0.15) is 39.8 Å². The van der Waals surface area contributed by atoms with Crippen LogP contribution in [0.2, 0.25) is 0 Å². The minimum absolute atomic E-state index is 0.0811. The molecule has 3 rings (SSSR count). The van der Waals surface area contributed by atoms with E-state index >= 15 is 0 Å². The van der Waals surface area contributed by atoms with E-state index in [1.807, 2.05) is 55.1 Å². The number of amides is 1. The van der Waals surface area contributed by atoms with Gasteiger partial charge in [0.1, 0.15) is 4.83 Å². The van der Waals surface area contributed by atoms with Crippen molar-refractivity contribution in [2.75, 3.05) is 6.61 Å². The van der Waals surface area contributed by atoms with Crippen LogP contribution in [0.3, 0.4) is 0 Å². The quantitative estimate of drug-likeness (QED) is 0.722. The van der Waals surface area contributed by atoms with Gasteiger partial charge in [-0.05, 0) is 31.4 Å². The van der Waals surface area contributed by atoms with E-state index in [2.05, 4.69) is 10.4 Å². The highest BCUT2D eigenvalue weighted by molar-refractivity contribution is 7.20. The van der Waals surface area contributed by atoms with Crippen LogP contribution in [0.5, 0.6) is 0 Å². The number of aliphatic hydroxyl groups excluding tert-OH is 1. The third-order valence-electron chi connectivity index (χ3n) is 4.08. The zero-order valence-corrected chi connectivity index (χ0v) is 14.6. The van der Waals surface area contributed by atoms with Crippen molar-refractivity contribution in [3.05, 3.63) is 52.5 Å². The summed E-state index contributed by atoms with van der Waals surface area (Å²) in [5.74, 6) is -0.0811. The van der Waals surface area contributed by atoms with Gasteiger partial charge in [0.25, 0.3) is 5.91 Å². The van der Waals surface area contributed by atoms with Gasteiger partial charge in [0, 0.05) is 19.0 Å². The number of carbonyl (C=O) groups is 1. The molecule has 0 saturated carbocycles. The van der Waals surface area contributed by atoms with Crippen molar-refractivity contribution < 1.29 is 9.90 Å². The van der Waals surface area contributed by atoms with Gasteiger partial charge in [-0.2, -0.15) is 5.10 Å². The molecule has 0 spiro atoms. The molecule has 0 radical (unpaired) electrons. The lowest BCUT2D eigenvalue weighted by atomic mass is 10.0. The topological polar surface area (TPSA) is 67.2 Å². The number of thiophene rings is 1. The fraction of sp³-hybridized carbons (Fsp3) is 0.333. The second-order valence-electron chi connectivity index (χ2n) is 5.84. The second kappa shape index (κ2) is 7.15. The number of nitrogens with one attached hydrogen (secondary N) is 1. The van der Waals surface area contributed by atoms with Crippen LogP contribution in [0, 0.1) is 6.92 Å². The number of aliphatic hydroxyl groups is 1. The molecule has 2 aromatic heterocycles. The van der Waals surface area contributed by atoms with E-state index in [4.69, 9.17) is 5.11 Å². The van der Waals surface area contributed by atoms with Crippen molar-refractivity contribution in [1.29, 1.82) is 0 Å². The Morgan fingerprint density at radius 3 is 2.79 bits per heavy atom. The lowest BCUT2D eigenvalue weighted by Gasteiger charge is -2.18. The van der Waals surface area contributed by atoms with Crippen molar-refractivity contribution in [2.45, 2.75) is 25.8 Å². The zero-order chi connectivity index (χ0) is 17.1. The summed E-state index contributed by atoms with van der Waals surface area (Å²) in [7, 11) is 1.89. The van der Waals surface area contributed by atoms with Crippen LogP contribution in [-0.4, -0.2) is 27.4 Å². The first kappa shape index (κ1) is 16.7. The lowest BCUT2D eigenvalue weighted by Crippen LogP contribution is -2.28. The smallest absolute Gasteiger partial charge is 0.261 e. The molecule has 24 heavy (non-hydrogen) atoms. The predicted molar refractivity (Wildman–Crippen MR) is 96.3 cm³/mol. The minimum atomic E-state index is -0.102. The molecule has 1 amide bonds. The lowest BCUT2D eigenvalue weighted by molar-refractivity contribution is 0.0936. The number of fused-ring (bicyclic) bond motifs is 1. The van der Waals surface area contributed by atoms with Gasteiger partial charge in [-0.3, -0.25) is 9.48 Å².